The fraction of sp³-hybridized carbons (Fsp3) is 0.800. The molecule has 3 unspecified atom stereocenters. The van der Waals surface area contributed by atoms with Crippen LogP contribution in [-0.4, -0.2) is 80.5 Å². The second kappa shape index (κ2) is 21.6. The van der Waals surface area contributed by atoms with Crippen LogP contribution in [-0.2, 0) is 24.0 Å². The second-order valence-corrected chi connectivity index (χ2v) is 8.87. The first-order valence-electron chi connectivity index (χ1n) is 13.1. The van der Waals surface area contributed by atoms with E-state index in [4.69, 9.17) is 0 Å². The molecule has 0 spiro atoms. The summed E-state index contributed by atoms with van der Waals surface area (Å²) in [7, 11) is 3.18. The highest BCUT2D eigenvalue weighted by Gasteiger charge is 2.34. The van der Waals surface area contributed by atoms with Crippen molar-refractivity contribution in [3.63, 3.8) is 0 Å². The lowest BCUT2D eigenvalue weighted by molar-refractivity contribution is -0.139. The standard InChI is InChI=1S/C19H33N3O4.C6H12N2O2/c1-2-3-4-5-6-7-8-11-18(24)22-14-9-10-17(22)19(25)21-16(15-23)12-13-20-26;1-7-5(3-4-9)6(10)8-2/h15-17H,2-14H2,1H3,(H,21,25);4-5,7H,3H2,1-2H3,(H,8,10). The molecule has 0 aromatic carbocycles. The van der Waals surface area contributed by atoms with Gasteiger partial charge < -0.3 is 30.4 Å². The monoisotopic (exact) mass is 511 g/mol. The van der Waals surface area contributed by atoms with Gasteiger partial charge in [0.15, 0.2) is 0 Å². The van der Waals surface area contributed by atoms with Crippen molar-refractivity contribution >= 4 is 30.3 Å². The lowest BCUT2D eigenvalue weighted by atomic mass is 10.1. The molecule has 0 saturated carbocycles. The minimum Gasteiger partial charge on any atom is -0.358 e. The van der Waals surface area contributed by atoms with E-state index in [1.807, 2.05) is 0 Å². The number of likely N-dealkylation sites (N-methyl/N-ethyl adjacent to an activating group) is 2. The number of rotatable bonds is 18. The number of nitrogens with one attached hydrogen (secondary N) is 3. The average molecular weight is 512 g/mol. The molecule has 1 aliphatic heterocycles. The molecule has 0 aromatic rings. The third kappa shape index (κ3) is 14.0. The summed E-state index contributed by atoms with van der Waals surface area (Å²) in [5, 5.41) is 10.5. The van der Waals surface area contributed by atoms with Gasteiger partial charge >= 0.3 is 0 Å². The molecule has 11 nitrogen and oxygen atoms in total. The van der Waals surface area contributed by atoms with Gasteiger partial charge in [-0.1, -0.05) is 50.6 Å². The van der Waals surface area contributed by atoms with Crippen LogP contribution in [0.4, 0.5) is 0 Å². The zero-order valence-electron chi connectivity index (χ0n) is 22.1. The smallest absolute Gasteiger partial charge is 0.243 e. The Morgan fingerprint density at radius 1 is 1.06 bits per heavy atom. The van der Waals surface area contributed by atoms with Crippen LogP contribution in [0.5, 0.6) is 0 Å². The maximum atomic E-state index is 12.4. The largest absolute Gasteiger partial charge is 0.358 e. The van der Waals surface area contributed by atoms with E-state index in [2.05, 4.69) is 28.1 Å². The Hall–Kier alpha value is -2.69. The molecule has 206 valence electrons. The van der Waals surface area contributed by atoms with Crippen LogP contribution in [0.25, 0.3) is 0 Å². The lowest BCUT2D eigenvalue weighted by Gasteiger charge is -2.25. The van der Waals surface area contributed by atoms with Gasteiger partial charge in [0.2, 0.25) is 17.7 Å². The molecule has 11 heteroatoms. The van der Waals surface area contributed by atoms with Crippen LogP contribution < -0.4 is 16.0 Å². The van der Waals surface area contributed by atoms with Gasteiger partial charge in [0.1, 0.15) is 18.6 Å². The zero-order valence-corrected chi connectivity index (χ0v) is 22.1. The molecule has 0 aliphatic carbocycles. The number of carbonyl (C=O) groups is 5. The van der Waals surface area contributed by atoms with Crippen molar-refractivity contribution < 1.29 is 24.0 Å². The highest BCUT2D eigenvalue weighted by Crippen LogP contribution is 2.20. The van der Waals surface area contributed by atoms with Crippen LogP contribution in [0.3, 0.4) is 0 Å². The van der Waals surface area contributed by atoms with Crippen molar-refractivity contribution in [1.82, 2.24) is 20.9 Å². The molecule has 1 aliphatic rings. The number of amides is 3. The Morgan fingerprint density at radius 3 is 2.28 bits per heavy atom. The third-order valence-electron chi connectivity index (χ3n) is 6.14. The van der Waals surface area contributed by atoms with Crippen molar-refractivity contribution in [2.75, 3.05) is 27.2 Å². The summed E-state index contributed by atoms with van der Waals surface area (Å²) in [5.41, 5.74) is 0. The Bertz CT molecular complexity index is 675. The quantitative estimate of drug-likeness (QED) is 0.144. The van der Waals surface area contributed by atoms with E-state index in [1.165, 1.54) is 32.7 Å². The maximum Gasteiger partial charge on any atom is 0.243 e. The van der Waals surface area contributed by atoms with E-state index in [-0.39, 0.29) is 43.1 Å². The molecule has 1 saturated heterocycles. The Kier molecular flexibility index (Phi) is 20.0. The highest BCUT2D eigenvalue weighted by molar-refractivity contribution is 5.89. The summed E-state index contributed by atoms with van der Waals surface area (Å²) in [4.78, 5) is 68.4. The van der Waals surface area contributed by atoms with Gasteiger partial charge in [0.25, 0.3) is 0 Å². The Morgan fingerprint density at radius 2 is 1.72 bits per heavy atom. The number of likely N-dealkylation sites (tertiary alicyclic amines) is 1. The van der Waals surface area contributed by atoms with Crippen LogP contribution in [0.15, 0.2) is 5.18 Å². The number of aldehydes is 2. The fourth-order valence-electron chi connectivity index (χ4n) is 3.99. The van der Waals surface area contributed by atoms with Gasteiger partial charge in [-0.2, -0.15) is 4.91 Å². The number of unbranched alkanes of at least 4 members (excludes halogenated alkanes) is 6. The number of nitroso groups, excluding NO2 is 1. The first-order valence-corrected chi connectivity index (χ1v) is 13.1. The number of hydrogen-bond acceptors (Lipinski definition) is 8. The molecule has 3 amide bonds. The van der Waals surface area contributed by atoms with E-state index >= 15 is 0 Å². The molecule has 3 N–H and O–H groups in total. The van der Waals surface area contributed by atoms with Crippen molar-refractivity contribution in [1.29, 1.82) is 0 Å². The molecular weight excluding hydrogens is 466 g/mol. The lowest BCUT2D eigenvalue weighted by Crippen LogP contribution is -2.49. The normalized spacial score (nSPS) is 16.2. The molecule has 0 bridgehead atoms. The van der Waals surface area contributed by atoms with E-state index in [9.17, 15) is 28.9 Å². The summed E-state index contributed by atoms with van der Waals surface area (Å²) in [6.45, 7) is 2.77. The topological polar surface area (TPSA) is 154 Å². The van der Waals surface area contributed by atoms with Crippen molar-refractivity contribution in [3.05, 3.63) is 4.91 Å². The summed E-state index contributed by atoms with van der Waals surface area (Å²) in [5.74, 6) is -0.443. The van der Waals surface area contributed by atoms with E-state index in [1.54, 1.807) is 11.9 Å². The molecule has 36 heavy (non-hydrogen) atoms. The van der Waals surface area contributed by atoms with Gasteiger partial charge in [0, 0.05) is 26.4 Å². The molecule has 1 heterocycles. The molecule has 0 aromatic heterocycles. The molecular formula is C25H45N5O6. The number of nitrogens with zero attached hydrogens (tertiary/aromatic N) is 2. The SMILES string of the molecule is CCCCCCCCCC(=O)N1CCCC1C(=O)NC(C=O)CCN=O.CNC(=O)C(CC=O)NC. The predicted molar refractivity (Wildman–Crippen MR) is 138 cm³/mol. The van der Waals surface area contributed by atoms with Gasteiger partial charge in [-0.15, -0.1) is 0 Å². The first-order chi connectivity index (χ1) is 17.4. The maximum absolute atomic E-state index is 12.4. The first kappa shape index (κ1) is 33.3. The molecule has 3 atom stereocenters. The summed E-state index contributed by atoms with van der Waals surface area (Å²) in [6.07, 6.45) is 11.7. The van der Waals surface area contributed by atoms with E-state index < -0.39 is 12.1 Å². The van der Waals surface area contributed by atoms with Crippen LogP contribution >= 0.6 is 0 Å². The Labute approximate surface area is 214 Å². The fourth-order valence-corrected chi connectivity index (χ4v) is 3.99. The molecule has 1 rings (SSSR count). The van der Waals surface area contributed by atoms with E-state index in [0.717, 1.165) is 32.0 Å². The van der Waals surface area contributed by atoms with Crippen molar-refractivity contribution in [2.24, 2.45) is 5.18 Å². The summed E-state index contributed by atoms with van der Waals surface area (Å²) >= 11 is 0. The molecule has 0 radical (unpaired) electrons. The van der Waals surface area contributed by atoms with Crippen LogP contribution in [0.1, 0.15) is 84.0 Å². The van der Waals surface area contributed by atoms with Gasteiger partial charge in [0.05, 0.1) is 18.6 Å². The minimum absolute atomic E-state index is 0.0186. The highest BCUT2D eigenvalue weighted by atomic mass is 16.3. The zero-order chi connectivity index (χ0) is 27.2. The number of hydrogen-bond donors (Lipinski definition) is 3. The van der Waals surface area contributed by atoms with Crippen LogP contribution in [0.2, 0.25) is 0 Å². The Balaban J connectivity index is 0.00000103. The van der Waals surface area contributed by atoms with Crippen LogP contribution in [0, 0.1) is 4.91 Å². The van der Waals surface area contributed by atoms with Gasteiger partial charge in [-0.05, 0) is 32.7 Å². The third-order valence-corrected chi connectivity index (χ3v) is 6.14. The predicted octanol–water partition coefficient (Wildman–Crippen LogP) is 1.87. The molecule has 1 fully saturated rings. The van der Waals surface area contributed by atoms with Gasteiger partial charge in [-0.3, -0.25) is 14.4 Å². The second-order valence-electron chi connectivity index (χ2n) is 8.87. The van der Waals surface area contributed by atoms with E-state index in [0.29, 0.717) is 25.7 Å². The minimum atomic E-state index is -0.721. The van der Waals surface area contributed by atoms with Crippen molar-refractivity contribution in [2.45, 2.75) is 102 Å². The van der Waals surface area contributed by atoms with Crippen molar-refractivity contribution in [3.8, 4) is 0 Å². The van der Waals surface area contributed by atoms with Gasteiger partial charge in [-0.25, -0.2) is 0 Å². The summed E-state index contributed by atoms with van der Waals surface area (Å²) in [6, 6.07) is -1.61. The average Bonchev–Trinajstić information content (AvgIpc) is 3.39. The summed E-state index contributed by atoms with van der Waals surface area (Å²) < 4.78 is 0. The number of carbonyl (C=O) groups excluding carboxylic acids is 5.